The summed E-state index contributed by atoms with van der Waals surface area (Å²) in [5.74, 6) is 3.05. The van der Waals surface area contributed by atoms with Crippen molar-refractivity contribution in [1.29, 1.82) is 0 Å². The Labute approximate surface area is 184 Å². The third-order valence-corrected chi connectivity index (χ3v) is 5.36. The quantitative estimate of drug-likeness (QED) is 0.447. The monoisotopic (exact) mass is 433 g/mol. The van der Waals surface area contributed by atoms with Gasteiger partial charge in [0.1, 0.15) is 17.2 Å². The molecule has 0 bridgehead atoms. The Bertz CT molecular complexity index is 1190. The van der Waals surface area contributed by atoms with Crippen molar-refractivity contribution < 1.29 is 9.26 Å². The third-order valence-electron chi connectivity index (χ3n) is 5.36. The zero-order valence-electron chi connectivity index (χ0n) is 17.8. The highest BCUT2D eigenvalue weighted by Crippen LogP contribution is 2.37. The van der Waals surface area contributed by atoms with Gasteiger partial charge in [0, 0.05) is 42.8 Å². The van der Waals surface area contributed by atoms with Gasteiger partial charge in [0.2, 0.25) is 11.8 Å². The van der Waals surface area contributed by atoms with Crippen molar-refractivity contribution in [3.63, 3.8) is 0 Å². The lowest BCUT2D eigenvalue weighted by molar-refractivity contribution is 0.361. The third kappa shape index (κ3) is 3.96. The van der Waals surface area contributed by atoms with E-state index >= 15 is 0 Å². The topological polar surface area (TPSA) is 131 Å². The molecule has 11 nitrogen and oxygen atoms in total. The van der Waals surface area contributed by atoms with E-state index < -0.39 is 0 Å². The van der Waals surface area contributed by atoms with Gasteiger partial charge in [-0.3, -0.25) is 15.1 Å². The summed E-state index contributed by atoms with van der Waals surface area (Å²) < 4.78 is 11.1. The van der Waals surface area contributed by atoms with Gasteiger partial charge in [0.05, 0.1) is 19.3 Å². The largest absolute Gasteiger partial charge is 0.481 e. The average molecular weight is 433 g/mol. The summed E-state index contributed by atoms with van der Waals surface area (Å²) in [4.78, 5) is 19.8. The Balaban J connectivity index is 1.42. The first-order chi connectivity index (χ1) is 15.7. The summed E-state index contributed by atoms with van der Waals surface area (Å²) in [6, 6.07) is 5.57. The van der Waals surface area contributed by atoms with Gasteiger partial charge in [0.25, 0.3) is 0 Å². The molecule has 1 aliphatic heterocycles. The van der Waals surface area contributed by atoms with E-state index in [0.717, 1.165) is 37.3 Å². The van der Waals surface area contributed by atoms with Crippen molar-refractivity contribution >= 4 is 17.6 Å². The fourth-order valence-corrected chi connectivity index (χ4v) is 3.75. The van der Waals surface area contributed by atoms with Gasteiger partial charge in [-0.25, -0.2) is 0 Å². The molecular weight excluding hydrogens is 410 g/mol. The maximum atomic E-state index is 5.68. The van der Waals surface area contributed by atoms with E-state index in [-0.39, 0.29) is 6.04 Å². The van der Waals surface area contributed by atoms with Gasteiger partial charge >= 0.3 is 0 Å². The van der Waals surface area contributed by atoms with Crippen molar-refractivity contribution in [2.45, 2.75) is 32.2 Å². The van der Waals surface area contributed by atoms with E-state index in [4.69, 9.17) is 14.2 Å². The molecule has 1 fully saturated rings. The smallest absolute Gasteiger partial charge is 0.231 e. The van der Waals surface area contributed by atoms with E-state index in [0.29, 0.717) is 34.9 Å². The number of aryl methyl sites for hydroxylation is 1. The van der Waals surface area contributed by atoms with Crippen LogP contribution < -0.4 is 15.0 Å². The molecule has 0 spiro atoms. The number of aromatic amines is 1. The second-order valence-corrected chi connectivity index (χ2v) is 7.41. The lowest BCUT2D eigenvalue weighted by Crippen LogP contribution is -2.24. The highest BCUT2D eigenvalue weighted by atomic mass is 16.5. The summed E-state index contributed by atoms with van der Waals surface area (Å²) >= 11 is 0. The zero-order valence-corrected chi connectivity index (χ0v) is 17.8. The lowest BCUT2D eigenvalue weighted by Gasteiger charge is -2.23. The maximum absolute atomic E-state index is 5.68. The van der Waals surface area contributed by atoms with E-state index in [1.165, 1.54) is 0 Å². The van der Waals surface area contributed by atoms with Crippen LogP contribution >= 0.6 is 0 Å². The van der Waals surface area contributed by atoms with Crippen LogP contribution in [0.2, 0.25) is 0 Å². The minimum atomic E-state index is -0.0371. The van der Waals surface area contributed by atoms with Crippen LogP contribution in [-0.2, 0) is 6.42 Å². The molecule has 32 heavy (non-hydrogen) atoms. The van der Waals surface area contributed by atoms with Gasteiger partial charge in [-0.2, -0.15) is 15.1 Å². The highest BCUT2D eigenvalue weighted by Gasteiger charge is 2.32. The summed E-state index contributed by atoms with van der Waals surface area (Å²) in [5, 5.41) is 14.7. The molecular formula is C21H23N9O2. The molecule has 1 atom stereocenters. The molecule has 0 aliphatic carbocycles. The summed E-state index contributed by atoms with van der Waals surface area (Å²) in [6.07, 6.45) is 7.67. The second-order valence-electron chi connectivity index (χ2n) is 7.41. The van der Waals surface area contributed by atoms with Gasteiger partial charge in [-0.15, -0.1) is 0 Å². The molecule has 2 N–H and O–H groups in total. The number of H-pyrrole nitrogens is 1. The minimum absolute atomic E-state index is 0.0371. The van der Waals surface area contributed by atoms with Crippen molar-refractivity contribution in [1.82, 2.24) is 35.3 Å². The van der Waals surface area contributed by atoms with E-state index in [1.807, 2.05) is 12.1 Å². The number of rotatable bonds is 7. The van der Waals surface area contributed by atoms with Crippen LogP contribution in [0.5, 0.6) is 5.88 Å². The fourth-order valence-electron chi connectivity index (χ4n) is 3.75. The predicted molar refractivity (Wildman–Crippen MR) is 117 cm³/mol. The van der Waals surface area contributed by atoms with Crippen LogP contribution in [0.25, 0.3) is 11.4 Å². The van der Waals surface area contributed by atoms with Crippen LogP contribution in [0, 0.1) is 0 Å². The second kappa shape index (κ2) is 8.61. The molecule has 1 saturated heterocycles. The molecule has 164 valence electrons. The molecule has 0 amide bonds. The number of methoxy groups -OCH3 is 1. The van der Waals surface area contributed by atoms with Crippen molar-refractivity contribution in [2.24, 2.45) is 0 Å². The predicted octanol–water partition coefficient (Wildman–Crippen LogP) is 3.30. The molecule has 11 heteroatoms. The maximum Gasteiger partial charge on any atom is 0.231 e. The Morgan fingerprint density at radius 3 is 2.91 bits per heavy atom. The van der Waals surface area contributed by atoms with E-state index in [9.17, 15) is 0 Å². The molecule has 0 unspecified atom stereocenters. The number of nitrogens with one attached hydrogen (secondary N) is 2. The standard InChI is InChI=1S/C21H23N9O2/c1-3-13-9-19(28-27-13)24-18-11-20(31-2)26-21(25-18)30-8-4-5-16(30)17-10-14(29-32-17)15-12-22-6-7-23-15/h6-7,9-12,16H,3-5,8H2,1-2H3,(H2,24,25,26,27,28)/t16-/m0/s1. The summed E-state index contributed by atoms with van der Waals surface area (Å²) in [5.41, 5.74) is 2.36. The molecule has 0 saturated carbocycles. The van der Waals surface area contributed by atoms with Gasteiger partial charge in [-0.1, -0.05) is 12.1 Å². The number of ether oxygens (including phenoxy) is 1. The van der Waals surface area contributed by atoms with E-state index in [1.54, 1.807) is 31.8 Å². The molecule has 5 rings (SSSR count). The Kier molecular flexibility index (Phi) is 5.36. The number of hydrogen-bond donors (Lipinski definition) is 2. The lowest BCUT2D eigenvalue weighted by atomic mass is 10.1. The summed E-state index contributed by atoms with van der Waals surface area (Å²) in [6.45, 7) is 2.86. The number of anilines is 3. The number of nitrogens with zero attached hydrogens (tertiary/aromatic N) is 7. The Hall–Kier alpha value is -4.02. The molecule has 4 aromatic heterocycles. The van der Waals surface area contributed by atoms with Crippen molar-refractivity contribution in [3.8, 4) is 17.3 Å². The van der Waals surface area contributed by atoms with Gasteiger partial charge in [-0.05, 0) is 19.3 Å². The molecule has 1 aliphatic rings. The first kappa shape index (κ1) is 19.9. The normalized spacial score (nSPS) is 15.8. The average Bonchev–Trinajstić information content (AvgIpc) is 3.59. The van der Waals surface area contributed by atoms with Crippen molar-refractivity contribution in [2.75, 3.05) is 23.9 Å². The van der Waals surface area contributed by atoms with Gasteiger partial charge in [0.15, 0.2) is 11.6 Å². The van der Waals surface area contributed by atoms with E-state index in [2.05, 4.69) is 47.4 Å². The Morgan fingerprint density at radius 1 is 1.19 bits per heavy atom. The SMILES string of the molecule is CCc1cc(Nc2cc(OC)nc(N3CCC[C@H]3c3cc(-c4cnccn4)no3)n2)n[nH]1. The van der Waals surface area contributed by atoms with Crippen molar-refractivity contribution in [3.05, 3.63) is 48.2 Å². The highest BCUT2D eigenvalue weighted by molar-refractivity contribution is 5.57. The number of hydrogen-bond acceptors (Lipinski definition) is 10. The Morgan fingerprint density at radius 2 is 2.12 bits per heavy atom. The first-order valence-corrected chi connectivity index (χ1v) is 10.5. The number of aromatic nitrogens is 7. The molecule has 5 heterocycles. The van der Waals surface area contributed by atoms with Gasteiger partial charge < -0.3 is 19.5 Å². The summed E-state index contributed by atoms with van der Waals surface area (Å²) in [7, 11) is 1.59. The van der Waals surface area contributed by atoms with Crippen LogP contribution in [0.1, 0.15) is 37.3 Å². The fraction of sp³-hybridized carbons (Fsp3) is 0.333. The van der Waals surface area contributed by atoms with Crippen LogP contribution in [0.3, 0.4) is 0 Å². The molecule has 0 aromatic carbocycles. The molecule has 4 aromatic rings. The van der Waals surface area contributed by atoms with Crippen LogP contribution in [0.15, 0.2) is 41.3 Å². The van der Waals surface area contributed by atoms with Crippen LogP contribution in [-0.4, -0.2) is 48.9 Å². The minimum Gasteiger partial charge on any atom is -0.481 e. The van der Waals surface area contributed by atoms with Crippen LogP contribution in [0.4, 0.5) is 17.6 Å². The first-order valence-electron chi connectivity index (χ1n) is 10.5. The zero-order chi connectivity index (χ0) is 21.9. The molecule has 0 radical (unpaired) electrons.